The topological polar surface area (TPSA) is 83.1 Å². The predicted molar refractivity (Wildman–Crippen MR) is 115 cm³/mol. The van der Waals surface area contributed by atoms with Crippen molar-refractivity contribution in [1.29, 1.82) is 0 Å². The zero-order valence-corrected chi connectivity index (χ0v) is 17.6. The number of carbonyl (C=O) groups is 2. The maximum Gasteiger partial charge on any atom is 0.255 e. The maximum atomic E-state index is 13.7. The number of hydrogen-bond acceptors (Lipinski definition) is 6. The van der Waals surface area contributed by atoms with Crippen LogP contribution < -0.4 is 25.0 Å². The molecule has 168 valence electrons. The van der Waals surface area contributed by atoms with Crippen LogP contribution in [0.1, 0.15) is 23.2 Å². The number of nitrogens with zero attached hydrogens (tertiary/aromatic N) is 2. The van der Waals surface area contributed by atoms with E-state index in [9.17, 15) is 14.0 Å². The van der Waals surface area contributed by atoms with Crippen LogP contribution in [0.3, 0.4) is 0 Å². The van der Waals surface area contributed by atoms with Crippen LogP contribution in [0.5, 0.6) is 11.5 Å². The SMILES string of the molecule is O=C(NCCN1CCC2(CC1)C(=O)NCN2c1cccc(F)c1)c1cccc2c1OCO2. The first-order valence-corrected chi connectivity index (χ1v) is 10.8. The van der Waals surface area contributed by atoms with Crippen LogP contribution in [0.4, 0.5) is 10.1 Å². The summed E-state index contributed by atoms with van der Waals surface area (Å²) in [7, 11) is 0. The first kappa shape index (κ1) is 20.6. The van der Waals surface area contributed by atoms with Crippen LogP contribution in [-0.2, 0) is 4.79 Å². The molecule has 2 aromatic carbocycles. The molecule has 2 aromatic rings. The number of fused-ring (bicyclic) bond motifs is 1. The Morgan fingerprint density at radius 1 is 1.16 bits per heavy atom. The van der Waals surface area contributed by atoms with Crippen molar-refractivity contribution in [3.05, 3.63) is 53.8 Å². The number of ether oxygens (including phenoxy) is 2. The average Bonchev–Trinajstić information content (AvgIpc) is 3.40. The van der Waals surface area contributed by atoms with Gasteiger partial charge in [-0.2, -0.15) is 0 Å². The van der Waals surface area contributed by atoms with E-state index in [2.05, 4.69) is 15.5 Å². The maximum absolute atomic E-state index is 13.7. The van der Waals surface area contributed by atoms with Gasteiger partial charge in [-0.3, -0.25) is 9.59 Å². The van der Waals surface area contributed by atoms with Gasteiger partial charge in [0.05, 0.1) is 12.2 Å². The molecule has 9 heteroatoms. The third kappa shape index (κ3) is 3.62. The van der Waals surface area contributed by atoms with Gasteiger partial charge in [0.2, 0.25) is 12.7 Å². The summed E-state index contributed by atoms with van der Waals surface area (Å²) in [6.45, 7) is 3.09. The van der Waals surface area contributed by atoms with Gasteiger partial charge in [0, 0.05) is 31.9 Å². The summed E-state index contributed by atoms with van der Waals surface area (Å²) in [6, 6.07) is 11.6. The van der Waals surface area contributed by atoms with Gasteiger partial charge in [-0.1, -0.05) is 12.1 Å². The van der Waals surface area contributed by atoms with Crippen molar-refractivity contribution in [3.8, 4) is 11.5 Å². The molecule has 0 aromatic heterocycles. The highest BCUT2D eigenvalue weighted by molar-refractivity contribution is 5.98. The summed E-state index contributed by atoms with van der Waals surface area (Å²) in [4.78, 5) is 29.5. The lowest BCUT2D eigenvalue weighted by atomic mass is 9.85. The highest BCUT2D eigenvalue weighted by Crippen LogP contribution is 2.37. The van der Waals surface area contributed by atoms with Gasteiger partial charge in [0.1, 0.15) is 11.4 Å². The number of halogens is 1. The van der Waals surface area contributed by atoms with E-state index in [1.165, 1.54) is 12.1 Å². The summed E-state index contributed by atoms with van der Waals surface area (Å²) in [5.74, 6) is 0.542. The molecule has 3 heterocycles. The second-order valence-electron chi connectivity index (χ2n) is 8.24. The third-order valence-corrected chi connectivity index (χ3v) is 6.49. The fraction of sp³-hybridized carbons (Fsp3) is 0.391. The molecule has 2 fully saturated rings. The Balaban J connectivity index is 1.17. The lowest BCUT2D eigenvalue weighted by Crippen LogP contribution is -2.57. The van der Waals surface area contributed by atoms with Crippen LogP contribution in [0.15, 0.2) is 42.5 Å². The van der Waals surface area contributed by atoms with E-state index in [-0.39, 0.29) is 24.4 Å². The summed E-state index contributed by atoms with van der Waals surface area (Å²) in [5.41, 5.74) is 0.520. The number of nitrogens with one attached hydrogen (secondary N) is 2. The summed E-state index contributed by atoms with van der Waals surface area (Å²) < 4.78 is 24.5. The normalized spacial score (nSPS) is 19.3. The monoisotopic (exact) mass is 440 g/mol. The van der Waals surface area contributed by atoms with E-state index in [4.69, 9.17) is 9.47 Å². The molecule has 0 bridgehead atoms. The first-order chi connectivity index (χ1) is 15.6. The van der Waals surface area contributed by atoms with E-state index in [1.807, 2.05) is 11.0 Å². The molecule has 2 N–H and O–H groups in total. The summed E-state index contributed by atoms with van der Waals surface area (Å²) in [5, 5.41) is 5.87. The lowest BCUT2D eigenvalue weighted by molar-refractivity contribution is -0.125. The first-order valence-electron chi connectivity index (χ1n) is 10.8. The molecule has 0 radical (unpaired) electrons. The van der Waals surface area contributed by atoms with Crippen LogP contribution >= 0.6 is 0 Å². The second-order valence-corrected chi connectivity index (χ2v) is 8.24. The van der Waals surface area contributed by atoms with E-state index < -0.39 is 5.54 Å². The molecule has 0 unspecified atom stereocenters. The Labute approximate surface area is 185 Å². The zero-order valence-electron chi connectivity index (χ0n) is 17.6. The van der Waals surface area contributed by atoms with Crippen molar-refractivity contribution in [2.75, 3.05) is 44.5 Å². The molecule has 1 spiro atoms. The van der Waals surface area contributed by atoms with Gasteiger partial charge in [0.25, 0.3) is 5.91 Å². The van der Waals surface area contributed by atoms with E-state index in [0.29, 0.717) is 68.4 Å². The standard InChI is InChI=1S/C23H25FN4O4/c24-16-3-1-4-17(13-16)28-14-26-22(30)23(28)7-10-27(11-8-23)12-9-25-21(29)18-5-2-6-19-20(18)32-15-31-19/h1-6,13H,7-12,14-15H2,(H,25,29)(H,26,30). The molecular weight excluding hydrogens is 415 g/mol. The number of piperidine rings is 1. The average molecular weight is 440 g/mol. The molecule has 3 aliphatic heterocycles. The smallest absolute Gasteiger partial charge is 0.255 e. The minimum absolute atomic E-state index is 0.00475. The predicted octanol–water partition coefficient (Wildman–Crippen LogP) is 1.71. The number of benzene rings is 2. The number of para-hydroxylation sites is 1. The fourth-order valence-electron chi connectivity index (χ4n) is 4.75. The van der Waals surface area contributed by atoms with Gasteiger partial charge >= 0.3 is 0 Å². The zero-order chi connectivity index (χ0) is 22.1. The van der Waals surface area contributed by atoms with Gasteiger partial charge < -0.3 is 29.9 Å². The molecular formula is C23H25FN4O4. The Morgan fingerprint density at radius 3 is 2.78 bits per heavy atom. The van der Waals surface area contributed by atoms with Crippen LogP contribution in [0, 0.1) is 5.82 Å². The quantitative estimate of drug-likeness (QED) is 0.737. The minimum Gasteiger partial charge on any atom is -0.454 e. The minimum atomic E-state index is -0.657. The third-order valence-electron chi connectivity index (χ3n) is 6.49. The Hall–Kier alpha value is -3.33. The van der Waals surface area contributed by atoms with Crippen LogP contribution in [0.25, 0.3) is 0 Å². The number of anilines is 1. The van der Waals surface area contributed by atoms with Crippen LogP contribution in [-0.4, -0.2) is 61.9 Å². The molecule has 3 aliphatic rings. The van der Waals surface area contributed by atoms with Crippen molar-refractivity contribution in [2.45, 2.75) is 18.4 Å². The van der Waals surface area contributed by atoms with Gasteiger partial charge in [-0.25, -0.2) is 4.39 Å². The largest absolute Gasteiger partial charge is 0.454 e. The van der Waals surface area contributed by atoms with Crippen molar-refractivity contribution < 1.29 is 23.5 Å². The van der Waals surface area contributed by atoms with Gasteiger partial charge in [-0.05, 0) is 43.2 Å². The molecule has 0 aliphatic carbocycles. The molecule has 2 amide bonds. The number of likely N-dealkylation sites (tertiary alicyclic amines) is 1. The number of carbonyl (C=O) groups excluding carboxylic acids is 2. The molecule has 8 nitrogen and oxygen atoms in total. The van der Waals surface area contributed by atoms with Gasteiger partial charge in [-0.15, -0.1) is 0 Å². The van der Waals surface area contributed by atoms with E-state index >= 15 is 0 Å². The number of rotatable bonds is 5. The highest BCUT2D eigenvalue weighted by Gasteiger charge is 2.50. The van der Waals surface area contributed by atoms with Crippen molar-refractivity contribution in [3.63, 3.8) is 0 Å². The second kappa shape index (κ2) is 8.31. The Bertz CT molecular complexity index is 1040. The summed E-state index contributed by atoms with van der Waals surface area (Å²) >= 11 is 0. The lowest BCUT2D eigenvalue weighted by Gasteiger charge is -2.43. The van der Waals surface area contributed by atoms with Gasteiger partial charge in [0.15, 0.2) is 11.5 Å². The van der Waals surface area contributed by atoms with Crippen molar-refractivity contribution >= 4 is 17.5 Å². The Morgan fingerprint density at radius 2 is 1.97 bits per heavy atom. The van der Waals surface area contributed by atoms with E-state index in [1.54, 1.807) is 24.3 Å². The summed E-state index contributed by atoms with van der Waals surface area (Å²) in [6.07, 6.45) is 1.28. The van der Waals surface area contributed by atoms with Crippen molar-refractivity contribution in [2.24, 2.45) is 0 Å². The Kier molecular flexibility index (Phi) is 5.34. The van der Waals surface area contributed by atoms with E-state index in [0.717, 1.165) is 0 Å². The fourth-order valence-corrected chi connectivity index (χ4v) is 4.75. The molecule has 5 rings (SSSR count). The number of amides is 2. The number of hydrogen-bond donors (Lipinski definition) is 2. The molecule has 2 saturated heterocycles. The van der Waals surface area contributed by atoms with Crippen LogP contribution in [0.2, 0.25) is 0 Å². The van der Waals surface area contributed by atoms with Crippen molar-refractivity contribution in [1.82, 2.24) is 15.5 Å². The highest BCUT2D eigenvalue weighted by atomic mass is 19.1. The molecule has 32 heavy (non-hydrogen) atoms. The molecule has 0 atom stereocenters. The molecule has 0 saturated carbocycles.